The van der Waals surface area contributed by atoms with E-state index in [1.165, 1.54) is 6.33 Å². The number of nitrogens with one attached hydrogen (secondary N) is 2. The van der Waals surface area contributed by atoms with E-state index in [1.807, 2.05) is 30.3 Å². The van der Waals surface area contributed by atoms with Crippen molar-refractivity contribution in [2.75, 3.05) is 17.7 Å². The number of nitrogens with two attached hydrogens (primary N) is 1. The van der Waals surface area contributed by atoms with Crippen LogP contribution < -0.4 is 16.4 Å². The van der Waals surface area contributed by atoms with Crippen LogP contribution in [0.1, 0.15) is 31.4 Å². The van der Waals surface area contributed by atoms with E-state index in [4.69, 9.17) is 5.73 Å². The minimum Gasteiger partial charge on any atom is -0.394 e. The van der Waals surface area contributed by atoms with Gasteiger partial charge in [-0.3, -0.25) is 4.79 Å². The molecule has 2 aromatic heterocycles. The lowest BCUT2D eigenvalue weighted by atomic mass is 10.1. The third-order valence-corrected chi connectivity index (χ3v) is 6.00. The molecule has 1 saturated carbocycles. The van der Waals surface area contributed by atoms with Crippen molar-refractivity contribution in [1.29, 1.82) is 0 Å². The average Bonchev–Trinajstić information content (AvgIpc) is 3.35. The summed E-state index contributed by atoms with van der Waals surface area (Å²) in [6.07, 6.45) is 0.400. The van der Waals surface area contributed by atoms with Crippen LogP contribution in [0.15, 0.2) is 36.7 Å². The second-order valence-electron chi connectivity index (χ2n) is 8.28. The third-order valence-electron chi connectivity index (χ3n) is 6.00. The monoisotopic (exact) mass is 455 g/mol. The lowest BCUT2D eigenvalue weighted by Gasteiger charge is -2.19. The second-order valence-corrected chi connectivity index (χ2v) is 8.28. The number of rotatable bonds is 8. The molecule has 3 aromatic rings. The molecule has 2 heterocycles. The van der Waals surface area contributed by atoms with Crippen LogP contribution in [0.4, 0.5) is 11.8 Å². The molecular weight excluding hydrogens is 426 g/mol. The van der Waals surface area contributed by atoms with Crippen LogP contribution in [-0.2, 0) is 11.2 Å². The molecule has 5 atom stereocenters. The van der Waals surface area contributed by atoms with E-state index in [0.29, 0.717) is 24.0 Å². The fourth-order valence-corrected chi connectivity index (χ4v) is 4.22. The summed E-state index contributed by atoms with van der Waals surface area (Å²) >= 11 is 0. The van der Waals surface area contributed by atoms with E-state index in [1.54, 1.807) is 11.5 Å². The van der Waals surface area contributed by atoms with Gasteiger partial charge in [0.1, 0.15) is 17.7 Å². The number of hydrogen-bond acceptors (Lipinski definition) is 9. The number of benzene rings is 1. The number of nitrogen functional groups attached to an aromatic ring is 1. The van der Waals surface area contributed by atoms with Crippen molar-refractivity contribution in [3.8, 4) is 0 Å². The number of carbonyl (C=O) groups is 1. The summed E-state index contributed by atoms with van der Waals surface area (Å²) in [4.78, 5) is 24.9. The van der Waals surface area contributed by atoms with Crippen LogP contribution in [0.5, 0.6) is 0 Å². The number of nitrogens with zero attached hydrogens (tertiary/aromatic N) is 4. The number of aliphatic hydroxyl groups is 3. The molecule has 1 amide bonds. The predicted octanol–water partition coefficient (Wildman–Crippen LogP) is -0.0146. The van der Waals surface area contributed by atoms with Gasteiger partial charge in [-0.1, -0.05) is 37.3 Å². The van der Waals surface area contributed by atoms with Crippen molar-refractivity contribution < 1.29 is 20.1 Å². The van der Waals surface area contributed by atoms with Gasteiger partial charge in [0.2, 0.25) is 11.9 Å². The van der Waals surface area contributed by atoms with Gasteiger partial charge in [0.25, 0.3) is 0 Å². The Morgan fingerprint density at radius 2 is 2.00 bits per heavy atom. The molecular formula is C22H29N7O4. The second kappa shape index (κ2) is 9.69. The van der Waals surface area contributed by atoms with Crippen molar-refractivity contribution in [3.05, 3.63) is 42.2 Å². The number of aromatic nitrogens is 4. The number of amides is 1. The van der Waals surface area contributed by atoms with Crippen LogP contribution in [0.2, 0.25) is 0 Å². The van der Waals surface area contributed by atoms with E-state index in [2.05, 4.69) is 25.6 Å². The summed E-state index contributed by atoms with van der Waals surface area (Å²) in [6, 6.07) is 8.24. The zero-order chi connectivity index (χ0) is 23.5. The van der Waals surface area contributed by atoms with Gasteiger partial charge in [0.05, 0.1) is 31.1 Å². The Morgan fingerprint density at radius 3 is 2.70 bits per heavy atom. The number of fused-ring (bicyclic) bond motifs is 1. The van der Waals surface area contributed by atoms with Crippen LogP contribution >= 0.6 is 0 Å². The van der Waals surface area contributed by atoms with Gasteiger partial charge >= 0.3 is 0 Å². The molecule has 11 heteroatoms. The molecule has 0 radical (unpaired) electrons. The number of imidazole rings is 1. The normalized spacial score (nSPS) is 23.5. The molecule has 0 saturated heterocycles. The highest BCUT2D eigenvalue weighted by Crippen LogP contribution is 2.34. The van der Waals surface area contributed by atoms with Crippen molar-refractivity contribution in [3.63, 3.8) is 0 Å². The summed E-state index contributed by atoms with van der Waals surface area (Å²) in [6.45, 7) is 1.58. The fraction of sp³-hybridized carbons (Fsp3) is 0.455. The average molecular weight is 456 g/mol. The van der Waals surface area contributed by atoms with Crippen LogP contribution in [0.3, 0.4) is 0 Å². The molecule has 11 nitrogen and oxygen atoms in total. The van der Waals surface area contributed by atoms with Gasteiger partial charge in [-0.05, 0) is 18.4 Å². The lowest BCUT2D eigenvalue weighted by molar-refractivity contribution is -0.122. The van der Waals surface area contributed by atoms with Crippen LogP contribution in [-0.4, -0.2) is 71.6 Å². The Bertz CT molecular complexity index is 1110. The fourth-order valence-electron chi connectivity index (χ4n) is 4.22. The van der Waals surface area contributed by atoms with E-state index >= 15 is 0 Å². The smallest absolute Gasteiger partial charge is 0.227 e. The highest BCUT2D eigenvalue weighted by molar-refractivity contribution is 5.83. The van der Waals surface area contributed by atoms with Crippen molar-refractivity contribution in [1.82, 2.24) is 24.8 Å². The number of hydrogen-bond donors (Lipinski definition) is 6. The lowest BCUT2D eigenvalue weighted by Crippen LogP contribution is -2.42. The first-order valence-corrected chi connectivity index (χ1v) is 11.0. The van der Waals surface area contributed by atoms with Gasteiger partial charge in [-0.15, -0.1) is 0 Å². The SMILES string of the molecule is CCC(=O)N[C@H]1C[C@@H](n2cnc3c(N)nc(N[C@@H](CO)Cc4ccccc4)nc32)[C@H](O)[C@@H]1O. The van der Waals surface area contributed by atoms with Crippen molar-refractivity contribution in [2.24, 2.45) is 0 Å². The molecule has 0 aliphatic heterocycles. The topological polar surface area (TPSA) is 171 Å². The molecule has 0 spiro atoms. The van der Waals surface area contributed by atoms with Crippen molar-refractivity contribution >= 4 is 28.8 Å². The zero-order valence-corrected chi connectivity index (χ0v) is 18.3. The van der Waals surface area contributed by atoms with Gasteiger partial charge in [-0.25, -0.2) is 4.98 Å². The highest BCUT2D eigenvalue weighted by atomic mass is 16.3. The Labute approximate surface area is 190 Å². The van der Waals surface area contributed by atoms with E-state index < -0.39 is 24.3 Å². The molecule has 176 valence electrons. The van der Waals surface area contributed by atoms with Crippen molar-refractivity contribution in [2.45, 2.75) is 56.5 Å². The minimum atomic E-state index is -1.12. The molecule has 1 fully saturated rings. The Hall–Kier alpha value is -3.28. The summed E-state index contributed by atoms with van der Waals surface area (Å²) in [5.74, 6) is 0.177. The molecule has 7 N–H and O–H groups in total. The first kappa shape index (κ1) is 22.9. The Kier molecular flexibility index (Phi) is 6.72. The molecule has 0 bridgehead atoms. The van der Waals surface area contributed by atoms with Gasteiger partial charge in [0, 0.05) is 6.42 Å². The Morgan fingerprint density at radius 1 is 1.24 bits per heavy atom. The minimum absolute atomic E-state index is 0.137. The van der Waals surface area contributed by atoms with Crippen LogP contribution in [0.25, 0.3) is 11.2 Å². The van der Waals surface area contributed by atoms with E-state index in [9.17, 15) is 20.1 Å². The van der Waals surface area contributed by atoms with Crippen LogP contribution in [0, 0.1) is 0 Å². The molecule has 1 aliphatic carbocycles. The maximum Gasteiger partial charge on any atom is 0.227 e. The summed E-state index contributed by atoms with van der Waals surface area (Å²) in [7, 11) is 0. The number of aliphatic hydroxyl groups excluding tert-OH is 3. The number of carbonyl (C=O) groups excluding carboxylic acids is 1. The molecule has 33 heavy (non-hydrogen) atoms. The molecule has 1 aromatic carbocycles. The predicted molar refractivity (Wildman–Crippen MR) is 122 cm³/mol. The summed E-state index contributed by atoms with van der Waals surface area (Å²) in [5.41, 5.74) is 7.92. The molecule has 4 rings (SSSR count). The first-order chi connectivity index (χ1) is 15.9. The first-order valence-electron chi connectivity index (χ1n) is 11.0. The van der Waals surface area contributed by atoms with Gasteiger partial charge in [-0.2, -0.15) is 9.97 Å². The largest absolute Gasteiger partial charge is 0.394 e. The summed E-state index contributed by atoms with van der Waals surface area (Å²) < 4.78 is 1.65. The van der Waals surface area contributed by atoms with Gasteiger partial charge in [0.15, 0.2) is 11.5 Å². The standard InChI is InChI=1S/C22H29N7O4/c1-2-16(31)26-14-9-15(19(33)18(14)32)29-11-24-17-20(23)27-22(28-21(17)29)25-13(10-30)8-12-6-4-3-5-7-12/h3-7,11,13-15,18-19,30,32-33H,2,8-10H2,1H3,(H,26,31)(H3,23,25,27,28)/t13-,14+,15-,18-,19+/m1/s1. The van der Waals surface area contributed by atoms with E-state index in [-0.39, 0.29) is 36.7 Å². The molecule has 0 unspecified atom stereocenters. The molecule has 1 aliphatic rings. The third kappa shape index (κ3) is 4.75. The zero-order valence-electron chi connectivity index (χ0n) is 18.3. The highest BCUT2D eigenvalue weighted by Gasteiger charge is 2.43. The maximum absolute atomic E-state index is 11.8. The maximum atomic E-state index is 11.8. The quantitative estimate of drug-likeness (QED) is 0.273. The number of anilines is 2. The van der Waals surface area contributed by atoms with Gasteiger partial charge < -0.3 is 36.3 Å². The van der Waals surface area contributed by atoms with E-state index in [0.717, 1.165) is 5.56 Å². The Balaban J connectivity index is 1.59. The summed E-state index contributed by atoms with van der Waals surface area (Å²) in [5, 5.41) is 36.8.